The maximum Gasteiger partial charge on any atom is 0.343 e. The summed E-state index contributed by atoms with van der Waals surface area (Å²) in [7, 11) is 0. The number of benzene rings is 1. The van der Waals surface area contributed by atoms with Crippen LogP contribution in [-0.4, -0.2) is 5.78 Å². The second-order valence-corrected chi connectivity index (χ2v) is 3.79. The summed E-state index contributed by atoms with van der Waals surface area (Å²) in [6, 6.07) is 9.09. The number of carbonyl (C=O) groups excluding carboxylic acids is 1. The van der Waals surface area contributed by atoms with Crippen LogP contribution in [0.3, 0.4) is 0 Å². The van der Waals surface area contributed by atoms with Gasteiger partial charge in [0.1, 0.15) is 11.5 Å². The van der Waals surface area contributed by atoms with Crippen molar-refractivity contribution in [2.75, 3.05) is 0 Å². The van der Waals surface area contributed by atoms with Gasteiger partial charge >= 0.3 is 5.63 Å². The van der Waals surface area contributed by atoms with Crippen molar-refractivity contribution in [3.63, 3.8) is 0 Å². The molecule has 0 saturated carbocycles. The monoisotopic (exact) mass is 216 g/mol. The van der Waals surface area contributed by atoms with Crippen LogP contribution in [0.5, 0.6) is 0 Å². The fourth-order valence-electron chi connectivity index (χ4n) is 1.61. The van der Waals surface area contributed by atoms with E-state index in [0.717, 1.165) is 5.39 Å². The van der Waals surface area contributed by atoms with Crippen LogP contribution < -0.4 is 5.63 Å². The Morgan fingerprint density at radius 3 is 2.81 bits per heavy atom. The molecule has 0 spiro atoms. The molecule has 0 unspecified atom stereocenters. The second kappa shape index (κ2) is 4.31. The van der Waals surface area contributed by atoms with Gasteiger partial charge in [-0.25, -0.2) is 4.79 Å². The van der Waals surface area contributed by atoms with E-state index in [1.807, 2.05) is 18.2 Å². The first-order chi connectivity index (χ1) is 7.66. The lowest BCUT2D eigenvalue weighted by molar-refractivity contribution is -0.117. The van der Waals surface area contributed by atoms with Crippen molar-refractivity contribution >= 4 is 16.6 Å². The summed E-state index contributed by atoms with van der Waals surface area (Å²) in [5, 5.41) is 1.44. The van der Waals surface area contributed by atoms with Gasteiger partial charge in [0.2, 0.25) is 0 Å². The molecule has 0 N–H and O–H groups in total. The molecule has 2 aromatic rings. The van der Waals surface area contributed by atoms with Gasteiger partial charge in [-0.2, -0.15) is 0 Å². The zero-order chi connectivity index (χ0) is 11.5. The van der Waals surface area contributed by atoms with Crippen molar-refractivity contribution in [2.24, 2.45) is 0 Å². The van der Waals surface area contributed by atoms with Crippen LogP contribution in [0.2, 0.25) is 0 Å². The smallest absolute Gasteiger partial charge is 0.343 e. The lowest BCUT2D eigenvalue weighted by Gasteiger charge is -2.00. The van der Waals surface area contributed by atoms with Gasteiger partial charge in [0, 0.05) is 12.8 Å². The average Bonchev–Trinajstić information content (AvgIpc) is 2.26. The van der Waals surface area contributed by atoms with Gasteiger partial charge in [-0.05, 0) is 24.4 Å². The predicted molar refractivity (Wildman–Crippen MR) is 61.5 cm³/mol. The van der Waals surface area contributed by atoms with Gasteiger partial charge in [-0.15, -0.1) is 0 Å². The lowest BCUT2D eigenvalue weighted by atomic mass is 10.1. The van der Waals surface area contributed by atoms with E-state index < -0.39 is 0 Å². The molecule has 3 heteroatoms. The highest BCUT2D eigenvalue weighted by Crippen LogP contribution is 2.12. The van der Waals surface area contributed by atoms with Gasteiger partial charge < -0.3 is 9.21 Å². The Morgan fingerprint density at radius 1 is 1.31 bits per heavy atom. The Labute approximate surface area is 92.7 Å². The normalized spacial score (nSPS) is 10.6. The summed E-state index contributed by atoms with van der Waals surface area (Å²) in [5.74, 6) is 0.662. The van der Waals surface area contributed by atoms with E-state index in [2.05, 4.69) is 0 Å². The molecular formula is C13H12O3. The topological polar surface area (TPSA) is 47.3 Å². The van der Waals surface area contributed by atoms with Gasteiger partial charge in [0.15, 0.2) is 0 Å². The fourth-order valence-corrected chi connectivity index (χ4v) is 1.61. The maximum atomic E-state index is 11.6. The van der Waals surface area contributed by atoms with Crippen molar-refractivity contribution < 1.29 is 9.21 Å². The van der Waals surface area contributed by atoms with Crippen LogP contribution in [0.1, 0.15) is 19.1 Å². The number of hydrogen-bond acceptors (Lipinski definition) is 3. The number of carbonyl (C=O) groups is 1. The van der Waals surface area contributed by atoms with E-state index >= 15 is 0 Å². The first-order valence-electron chi connectivity index (χ1n) is 5.18. The Bertz CT molecular complexity index is 581. The van der Waals surface area contributed by atoms with Crippen LogP contribution in [0.15, 0.2) is 39.5 Å². The Hall–Kier alpha value is -1.90. The number of aryl methyl sites for hydroxylation is 1. The first kappa shape index (κ1) is 10.6. The summed E-state index contributed by atoms with van der Waals surface area (Å²) in [6.07, 6.45) is 0.886. The van der Waals surface area contributed by atoms with Crippen molar-refractivity contribution in [1.29, 1.82) is 0 Å². The molecule has 0 aliphatic rings. The van der Waals surface area contributed by atoms with Crippen molar-refractivity contribution in [1.82, 2.24) is 0 Å². The third-order valence-electron chi connectivity index (χ3n) is 2.44. The van der Waals surface area contributed by atoms with Crippen molar-refractivity contribution in [2.45, 2.75) is 19.8 Å². The molecule has 0 fully saturated rings. The number of rotatable bonds is 3. The molecule has 1 aromatic heterocycles. The fraction of sp³-hybridized carbons (Fsp3) is 0.231. The molecule has 16 heavy (non-hydrogen) atoms. The van der Waals surface area contributed by atoms with Crippen LogP contribution >= 0.6 is 0 Å². The minimum Gasteiger partial charge on any atom is -0.427 e. The summed E-state index contributed by atoms with van der Waals surface area (Å²) in [5.41, 5.74) is -0.336. The van der Waals surface area contributed by atoms with Gasteiger partial charge in [-0.1, -0.05) is 18.2 Å². The van der Waals surface area contributed by atoms with E-state index in [0.29, 0.717) is 24.0 Å². The van der Waals surface area contributed by atoms with Crippen LogP contribution in [0.25, 0.3) is 10.8 Å². The second-order valence-electron chi connectivity index (χ2n) is 3.79. The van der Waals surface area contributed by atoms with Crippen LogP contribution in [-0.2, 0) is 11.2 Å². The molecule has 0 saturated heterocycles. The molecule has 0 radical (unpaired) electrons. The SMILES string of the molecule is CC(=O)CCc1cc2ccccc2c(=O)o1. The molecule has 82 valence electrons. The van der Waals surface area contributed by atoms with E-state index in [9.17, 15) is 9.59 Å². The van der Waals surface area contributed by atoms with Crippen molar-refractivity contribution in [3.8, 4) is 0 Å². The molecule has 0 aliphatic heterocycles. The summed E-state index contributed by atoms with van der Waals surface area (Å²) >= 11 is 0. The largest absolute Gasteiger partial charge is 0.427 e. The molecule has 0 amide bonds. The standard InChI is InChI=1S/C13H12O3/c1-9(14)6-7-11-8-10-4-2-3-5-12(10)13(15)16-11/h2-5,8H,6-7H2,1H3. The van der Waals surface area contributed by atoms with Gasteiger partial charge in [-0.3, -0.25) is 0 Å². The number of fused-ring (bicyclic) bond motifs is 1. The van der Waals surface area contributed by atoms with E-state index in [1.54, 1.807) is 12.1 Å². The number of Topliss-reactive ketones (excluding diaryl/α,β-unsaturated/α-hetero) is 1. The minimum absolute atomic E-state index is 0.0933. The molecule has 0 atom stereocenters. The number of ketones is 1. The summed E-state index contributed by atoms with van der Waals surface area (Å²) in [6.45, 7) is 1.53. The number of hydrogen-bond donors (Lipinski definition) is 0. The van der Waals surface area contributed by atoms with Gasteiger partial charge in [0.25, 0.3) is 0 Å². The predicted octanol–water partition coefficient (Wildman–Crippen LogP) is 2.31. The highest BCUT2D eigenvalue weighted by molar-refractivity contribution is 5.81. The summed E-state index contributed by atoms with van der Waals surface area (Å²) in [4.78, 5) is 22.4. The third-order valence-corrected chi connectivity index (χ3v) is 2.44. The average molecular weight is 216 g/mol. The molecule has 0 bridgehead atoms. The Morgan fingerprint density at radius 2 is 2.06 bits per heavy atom. The van der Waals surface area contributed by atoms with E-state index in [1.165, 1.54) is 6.92 Å². The van der Waals surface area contributed by atoms with Crippen LogP contribution in [0, 0.1) is 0 Å². The molecule has 2 rings (SSSR count). The quantitative estimate of drug-likeness (QED) is 0.791. The van der Waals surface area contributed by atoms with Crippen molar-refractivity contribution in [3.05, 3.63) is 46.5 Å². The highest BCUT2D eigenvalue weighted by atomic mass is 16.4. The molecule has 1 aromatic carbocycles. The molecule has 0 aliphatic carbocycles. The van der Waals surface area contributed by atoms with E-state index in [-0.39, 0.29) is 11.4 Å². The van der Waals surface area contributed by atoms with Gasteiger partial charge in [0.05, 0.1) is 5.39 Å². The maximum absolute atomic E-state index is 11.6. The first-order valence-corrected chi connectivity index (χ1v) is 5.18. The minimum atomic E-state index is -0.336. The third kappa shape index (κ3) is 2.19. The molecule has 1 heterocycles. The lowest BCUT2D eigenvalue weighted by Crippen LogP contribution is -2.03. The zero-order valence-electron chi connectivity index (χ0n) is 9.03. The van der Waals surface area contributed by atoms with Crippen LogP contribution in [0.4, 0.5) is 0 Å². The molecular weight excluding hydrogens is 204 g/mol. The Balaban J connectivity index is 2.42. The Kier molecular flexibility index (Phi) is 2.86. The molecule has 3 nitrogen and oxygen atoms in total. The van der Waals surface area contributed by atoms with E-state index in [4.69, 9.17) is 4.42 Å². The highest BCUT2D eigenvalue weighted by Gasteiger charge is 2.04. The summed E-state index contributed by atoms with van der Waals surface area (Å²) < 4.78 is 5.13. The zero-order valence-corrected chi connectivity index (χ0v) is 9.03.